The Balaban J connectivity index is 0.00000137. The number of aryl methyl sites for hydroxylation is 2. The third kappa shape index (κ3) is 8.33. The van der Waals surface area contributed by atoms with Gasteiger partial charge >= 0.3 is 0 Å². The molecule has 0 amide bonds. The summed E-state index contributed by atoms with van der Waals surface area (Å²) in [5, 5.41) is 0. The first-order chi connectivity index (χ1) is 8.58. The fourth-order valence-electron chi connectivity index (χ4n) is 1.85. The van der Waals surface area contributed by atoms with Gasteiger partial charge < -0.3 is 0 Å². The van der Waals surface area contributed by atoms with E-state index in [1.54, 1.807) is 0 Å². The van der Waals surface area contributed by atoms with Gasteiger partial charge in [0.05, 0.1) is 0 Å². The second-order valence-corrected chi connectivity index (χ2v) is 5.68. The molecule has 1 rings (SSSR count). The molecular weight excluding hydrogens is 216 g/mol. The molecule has 0 bridgehead atoms. The minimum absolute atomic E-state index is 0.805. The third-order valence-corrected chi connectivity index (χ3v) is 3.01. The lowest BCUT2D eigenvalue weighted by Crippen LogP contribution is -1.95. The average molecular weight is 248 g/mol. The molecule has 0 fully saturated rings. The Morgan fingerprint density at radius 3 is 1.50 bits per heavy atom. The van der Waals surface area contributed by atoms with Crippen LogP contribution in [0.1, 0.15) is 65.5 Å². The molecular formula is C18H32. The summed E-state index contributed by atoms with van der Waals surface area (Å²) in [6, 6.07) is 9.14. The minimum atomic E-state index is 0.805. The van der Waals surface area contributed by atoms with Crippen molar-refractivity contribution in [2.24, 2.45) is 11.8 Å². The summed E-state index contributed by atoms with van der Waals surface area (Å²) in [6.45, 7) is 13.2. The summed E-state index contributed by atoms with van der Waals surface area (Å²) < 4.78 is 0. The van der Waals surface area contributed by atoms with Crippen molar-refractivity contribution < 1.29 is 0 Å². The van der Waals surface area contributed by atoms with Crippen molar-refractivity contribution in [2.75, 3.05) is 0 Å². The van der Waals surface area contributed by atoms with Gasteiger partial charge in [-0.2, -0.15) is 0 Å². The van der Waals surface area contributed by atoms with Gasteiger partial charge in [-0.1, -0.05) is 65.8 Å². The minimum Gasteiger partial charge on any atom is -0.0683 e. The van der Waals surface area contributed by atoms with Gasteiger partial charge in [-0.25, -0.2) is 0 Å². The Morgan fingerprint density at radius 1 is 0.778 bits per heavy atom. The Labute approximate surface area is 115 Å². The quantitative estimate of drug-likeness (QED) is 0.589. The predicted octanol–water partition coefficient (Wildman–Crippen LogP) is 5.89. The second kappa shape index (κ2) is 10.2. The molecule has 0 unspecified atom stereocenters. The molecule has 0 spiro atoms. The van der Waals surface area contributed by atoms with E-state index in [0.29, 0.717) is 0 Å². The molecule has 18 heavy (non-hydrogen) atoms. The highest BCUT2D eigenvalue weighted by molar-refractivity contribution is 5.23. The van der Waals surface area contributed by atoms with Crippen molar-refractivity contribution in [3.8, 4) is 0 Å². The van der Waals surface area contributed by atoms with Gasteiger partial charge in [0.15, 0.2) is 0 Å². The highest BCUT2D eigenvalue weighted by Crippen LogP contribution is 2.14. The van der Waals surface area contributed by atoms with Gasteiger partial charge in [-0.15, -0.1) is 0 Å². The van der Waals surface area contributed by atoms with E-state index in [1.165, 1.54) is 36.8 Å². The number of rotatable bonds is 6. The van der Waals surface area contributed by atoms with Gasteiger partial charge in [0.1, 0.15) is 0 Å². The lowest BCUT2D eigenvalue weighted by atomic mass is 9.98. The van der Waals surface area contributed by atoms with Crippen LogP contribution >= 0.6 is 0 Å². The Kier molecular flexibility index (Phi) is 9.73. The first-order valence-corrected chi connectivity index (χ1v) is 7.65. The van der Waals surface area contributed by atoms with Crippen molar-refractivity contribution in [2.45, 2.75) is 67.2 Å². The van der Waals surface area contributed by atoms with Crippen LogP contribution in [0.5, 0.6) is 0 Å². The van der Waals surface area contributed by atoms with Gasteiger partial charge in [0.25, 0.3) is 0 Å². The molecule has 0 radical (unpaired) electrons. The van der Waals surface area contributed by atoms with Crippen LogP contribution in [0.4, 0.5) is 0 Å². The molecule has 0 aliphatic rings. The van der Waals surface area contributed by atoms with Crippen LogP contribution in [0.2, 0.25) is 0 Å². The molecule has 0 atom stereocenters. The predicted molar refractivity (Wildman–Crippen MR) is 84.1 cm³/mol. The van der Waals surface area contributed by atoms with Crippen molar-refractivity contribution in [1.82, 2.24) is 0 Å². The van der Waals surface area contributed by atoms with Crippen LogP contribution in [0.25, 0.3) is 0 Å². The first kappa shape index (κ1) is 17.2. The molecule has 0 heterocycles. The molecule has 104 valence electrons. The monoisotopic (exact) mass is 248 g/mol. The van der Waals surface area contributed by atoms with Crippen molar-refractivity contribution in [3.05, 3.63) is 35.4 Å². The zero-order valence-electron chi connectivity index (χ0n) is 13.3. The zero-order chi connectivity index (χ0) is 14.0. The summed E-state index contributed by atoms with van der Waals surface area (Å²) in [5.74, 6) is 1.61. The van der Waals surface area contributed by atoms with E-state index in [4.69, 9.17) is 0 Å². The molecule has 0 saturated heterocycles. The van der Waals surface area contributed by atoms with Gasteiger partial charge in [0, 0.05) is 0 Å². The highest BCUT2D eigenvalue weighted by atomic mass is 14.1. The second-order valence-electron chi connectivity index (χ2n) is 5.68. The molecule has 0 N–H and O–H groups in total. The SMILES string of the molecule is CC.CC(C)CCc1cccc(CCC(C)C)c1. The fourth-order valence-corrected chi connectivity index (χ4v) is 1.85. The molecule has 0 saturated carbocycles. The van der Waals surface area contributed by atoms with E-state index >= 15 is 0 Å². The van der Waals surface area contributed by atoms with E-state index in [2.05, 4.69) is 52.0 Å². The van der Waals surface area contributed by atoms with E-state index < -0.39 is 0 Å². The number of hydrogen-bond acceptors (Lipinski definition) is 0. The zero-order valence-corrected chi connectivity index (χ0v) is 13.3. The van der Waals surface area contributed by atoms with E-state index in [0.717, 1.165) is 11.8 Å². The average Bonchev–Trinajstić information content (AvgIpc) is 2.37. The van der Waals surface area contributed by atoms with Crippen LogP contribution in [0, 0.1) is 11.8 Å². The molecule has 1 aromatic carbocycles. The van der Waals surface area contributed by atoms with Gasteiger partial charge in [0.2, 0.25) is 0 Å². The molecule has 0 aliphatic heterocycles. The molecule has 0 heteroatoms. The normalized spacial score (nSPS) is 10.4. The topological polar surface area (TPSA) is 0 Å². The van der Waals surface area contributed by atoms with Gasteiger partial charge in [-0.3, -0.25) is 0 Å². The fraction of sp³-hybridized carbons (Fsp3) is 0.667. The van der Waals surface area contributed by atoms with Crippen molar-refractivity contribution in [1.29, 1.82) is 0 Å². The molecule has 1 aromatic rings. The standard InChI is InChI=1S/C16H26.C2H6/c1-13(2)8-10-15-6-5-7-16(12-15)11-9-14(3)4;1-2/h5-7,12-14H,8-11H2,1-4H3;1-2H3. The Hall–Kier alpha value is -0.780. The van der Waals surface area contributed by atoms with Gasteiger partial charge in [-0.05, 0) is 48.6 Å². The van der Waals surface area contributed by atoms with Crippen LogP contribution in [0.3, 0.4) is 0 Å². The number of benzene rings is 1. The summed E-state index contributed by atoms with van der Waals surface area (Å²) >= 11 is 0. The molecule has 0 aromatic heterocycles. The van der Waals surface area contributed by atoms with Crippen LogP contribution in [0.15, 0.2) is 24.3 Å². The highest BCUT2D eigenvalue weighted by Gasteiger charge is 2.00. The van der Waals surface area contributed by atoms with E-state index in [9.17, 15) is 0 Å². The van der Waals surface area contributed by atoms with E-state index in [-0.39, 0.29) is 0 Å². The molecule has 0 nitrogen and oxygen atoms in total. The Bertz CT molecular complexity index is 269. The lowest BCUT2D eigenvalue weighted by molar-refractivity contribution is 0.581. The third-order valence-electron chi connectivity index (χ3n) is 3.01. The molecule has 0 aliphatic carbocycles. The summed E-state index contributed by atoms with van der Waals surface area (Å²) in [6.07, 6.45) is 5.06. The lowest BCUT2D eigenvalue weighted by Gasteiger charge is -2.08. The largest absolute Gasteiger partial charge is 0.0683 e. The summed E-state index contributed by atoms with van der Waals surface area (Å²) in [4.78, 5) is 0. The Morgan fingerprint density at radius 2 is 1.17 bits per heavy atom. The number of hydrogen-bond donors (Lipinski definition) is 0. The first-order valence-electron chi connectivity index (χ1n) is 7.65. The maximum Gasteiger partial charge on any atom is -0.0276 e. The summed E-state index contributed by atoms with van der Waals surface area (Å²) in [5.41, 5.74) is 3.02. The van der Waals surface area contributed by atoms with Crippen LogP contribution in [-0.4, -0.2) is 0 Å². The van der Waals surface area contributed by atoms with E-state index in [1.807, 2.05) is 13.8 Å². The van der Waals surface area contributed by atoms with Crippen LogP contribution < -0.4 is 0 Å². The summed E-state index contributed by atoms with van der Waals surface area (Å²) in [7, 11) is 0. The van der Waals surface area contributed by atoms with Crippen molar-refractivity contribution in [3.63, 3.8) is 0 Å². The smallest absolute Gasteiger partial charge is 0.0276 e. The maximum absolute atomic E-state index is 2.39. The maximum atomic E-state index is 2.39. The van der Waals surface area contributed by atoms with Crippen molar-refractivity contribution >= 4 is 0 Å². The van der Waals surface area contributed by atoms with Crippen LogP contribution in [-0.2, 0) is 12.8 Å².